The molecular weight excluding hydrogens is 560 g/mol. The maximum atomic E-state index is 12.2. The first-order chi connectivity index (χ1) is 21.1. The SMILES string of the molecule is CC(=O)O[C@@H](C)C(=O)NCc1ccc([C@@H]2O[C@H](CN(C)[C@H](C)[C@@H](O)c3ccccc3)[C@H](C)[C@H](c3ccc(CO)cc3)O2)cc1. The van der Waals surface area contributed by atoms with Crippen LogP contribution in [0.3, 0.4) is 0 Å². The normalized spacial score (nSPS) is 22.2. The molecule has 0 unspecified atom stereocenters. The predicted molar refractivity (Wildman–Crippen MR) is 166 cm³/mol. The van der Waals surface area contributed by atoms with Crippen molar-refractivity contribution in [3.63, 3.8) is 0 Å². The Morgan fingerprint density at radius 1 is 0.932 bits per heavy atom. The number of hydrogen-bond acceptors (Lipinski definition) is 8. The van der Waals surface area contributed by atoms with Gasteiger partial charge in [-0.05, 0) is 43.1 Å². The van der Waals surface area contributed by atoms with Gasteiger partial charge in [-0.3, -0.25) is 14.5 Å². The predicted octanol–water partition coefficient (Wildman–Crippen LogP) is 4.59. The van der Waals surface area contributed by atoms with E-state index in [0.29, 0.717) is 6.54 Å². The molecule has 9 heteroatoms. The van der Waals surface area contributed by atoms with Gasteiger partial charge in [0.05, 0.1) is 24.9 Å². The number of aliphatic hydroxyl groups excluding tert-OH is 2. The van der Waals surface area contributed by atoms with Crippen molar-refractivity contribution in [3.8, 4) is 0 Å². The number of hydrogen-bond donors (Lipinski definition) is 3. The zero-order chi connectivity index (χ0) is 31.8. The van der Waals surface area contributed by atoms with Crippen molar-refractivity contribution in [2.45, 2.75) is 77.6 Å². The maximum absolute atomic E-state index is 12.2. The van der Waals surface area contributed by atoms with E-state index in [9.17, 15) is 19.8 Å². The summed E-state index contributed by atoms with van der Waals surface area (Å²) in [5.74, 6) is -0.887. The Hall–Kier alpha value is -3.60. The molecule has 9 nitrogen and oxygen atoms in total. The molecule has 3 N–H and O–H groups in total. The molecule has 1 fully saturated rings. The first-order valence-electron chi connectivity index (χ1n) is 15.0. The summed E-state index contributed by atoms with van der Waals surface area (Å²) in [4.78, 5) is 25.5. The van der Waals surface area contributed by atoms with Crippen molar-refractivity contribution in [3.05, 3.63) is 107 Å². The van der Waals surface area contributed by atoms with Crippen molar-refractivity contribution < 1.29 is 34.0 Å². The highest BCUT2D eigenvalue weighted by Crippen LogP contribution is 2.42. The monoisotopic (exact) mass is 604 g/mol. The van der Waals surface area contributed by atoms with E-state index < -0.39 is 24.5 Å². The van der Waals surface area contributed by atoms with E-state index >= 15 is 0 Å². The van der Waals surface area contributed by atoms with Gasteiger partial charge in [0.1, 0.15) is 0 Å². The lowest BCUT2D eigenvalue weighted by Gasteiger charge is -2.43. The molecule has 0 saturated carbocycles. The van der Waals surface area contributed by atoms with Crippen LogP contribution in [0.2, 0.25) is 0 Å². The summed E-state index contributed by atoms with van der Waals surface area (Å²) in [5, 5.41) is 23.4. The number of nitrogens with zero attached hydrogens (tertiary/aromatic N) is 1. The van der Waals surface area contributed by atoms with E-state index in [4.69, 9.17) is 14.2 Å². The van der Waals surface area contributed by atoms with Gasteiger partial charge in [0.2, 0.25) is 0 Å². The number of rotatable bonds is 12. The smallest absolute Gasteiger partial charge is 0.303 e. The van der Waals surface area contributed by atoms with Crippen LogP contribution in [0.4, 0.5) is 0 Å². The highest BCUT2D eigenvalue weighted by molar-refractivity contribution is 5.82. The molecule has 4 rings (SSSR count). The lowest BCUT2D eigenvalue weighted by Crippen LogP contribution is -2.46. The molecule has 1 heterocycles. The summed E-state index contributed by atoms with van der Waals surface area (Å²) in [5.41, 5.74) is 4.40. The van der Waals surface area contributed by atoms with Gasteiger partial charge < -0.3 is 29.7 Å². The fourth-order valence-electron chi connectivity index (χ4n) is 5.38. The second kappa shape index (κ2) is 15.4. The molecule has 1 aliphatic rings. The minimum Gasteiger partial charge on any atom is -0.453 e. The van der Waals surface area contributed by atoms with E-state index in [-0.39, 0.29) is 43.2 Å². The molecule has 0 bridgehead atoms. The van der Waals surface area contributed by atoms with E-state index in [1.165, 1.54) is 13.8 Å². The van der Waals surface area contributed by atoms with Crippen molar-refractivity contribution in [1.82, 2.24) is 10.2 Å². The maximum Gasteiger partial charge on any atom is 0.303 e. The molecule has 0 aromatic heterocycles. The molecule has 44 heavy (non-hydrogen) atoms. The zero-order valence-corrected chi connectivity index (χ0v) is 26.1. The standard InChI is InChI=1S/C35H44N2O7/c1-22-31(20-37(5)23(2)32(40)28-9-7-6-8-10-28)43-35(44-33(22)29-15-13-27(21-38)14-16-29)30-17-11-26(12-18-30)19-36-34(41)24(3)42-25(4)39/h6-18,22-24,31-33,35,38,40H,19-21H2,1-5H3,(H,36,41)/t22-,23+,24-,31+,32+,33+,35+/m0/s1. The minimum absolute atomic E-state index is 0.0107. The number of likely N-dealkylation sites (N-methyl/N-ethyl adjacent to an activating group) is 1. The van der Waals surface area contributed by atoms with Crippen LogP contribution in [0.5, 0.6) is 0 Å². The lowest BCUT2D eigenvalue weighted by molar-refractivity contribution is -0.276. The Morgan fingerprint density at radius 2 is 1.55 bits per heavy atom. The van der Waals surface area contributed by atoms with Gasteiger partial charge in [-0.2, -0.15) is 0 Å². The van der Waals surface area contributed by atoms with Crippen molar-refractivity contribution in [2.75, 3.05) is 13.6 Å². The number of amides is 1. The van der Waals surface area contributed by atoms with Crippen molar-refractivity contribution in [1.29, 1.82) is 0 Å². The van der Waals surface area contributed by atoms with Crippen LogP contribution in [0.25, 0.3) is 0 Å². The summed E-state index contributed by atoms with van der Waals surface area (Å²) < 4.78 is 18.1. The molecule has 7 atom stereocenters. The van der Waals surface area contributed by atoms with Crippen LogP contribution >= 0.6 is 0 Å². The number of esters is 1. The molecular formula is C35H44N2O7. The third-order valence-corrected chi connectivity index (χ3v) is 8.32. The van der Waals surface area contributed by atoms with Gasteiger partial charge in [0, 0.05) is 37.5 Å². The van der Waals surface area contributed by atoms with Gasteiger partial charge in [-0.15, -0.1) is 0 Å². The second-order valence-electron chi connectivity index (χ2n) is 11.6. The Balaban J connectivity index is 1.50. The summed E-state index contributed by atoms with van der Waals surface area (Å²) in [6.45, 7) is 7.74. The molecule has 1 amide bonds. The van der Waals surface area contributed by atoms with Crippen LogP contribution in [0, 0.1) is 5.92 Å². The average molecular weight is 605 g/mol. The Bertz CT molecular complexity index is 1350. The Kier molecular flexibility index (Phi) is 11.7. The largest absolute Gasteiger partial charge is 0.453 e. The van der Waals surface area contributed by atoms with Crippen LogP contribution in [0.1, 0.15) is 74.0 Å². The van der Waals surface area contributed by atoms with Gasteiger partial charge >= 0.3 is 5.97 Å². The van der Waals surface area contributed by atoms with E-state index in [1.807, 2.05) is 92.8 Å². The van der Waals surface area contributed by atoms with Crippen LogP contribution < -0.4 is 5.32 Å². The number of aliphatic hydroxyl groups is 2. The van der Waals surface area contributed by atoms with E-state index in [2.05, 4.69) is 17.1 Å². The number of benzene rings is 3. The molecule has 1 aliphatic heterocycles. The summed E-state index contributed by atoms with van der Waals surface area (Å²) in [6.07, 6.45) is -2.65. The number of nitrogens with one attached hydrogen (secondary N) is 1. The van der Waals surface area contributed by atoms with E-state index in [0.717, 1.165) is 27.8 Å². The topological polar surface area (TPSA) is 118 Å². The third-order valence-electron chi connectivity index (χ3n) is 8.32. The average Bonchev–Trinajstić information content (AvgIpc) is 3.04. The Labute approximate surface area is 259 Å². The number of ether oxygens (including phenoxy) is 3. The molecule has 3 aromatic rings. The van der Waals surface area contributed by atoms with Crippen LogP contribution in [-0.2, 0) is 37.0 Å². The fourth-order valence-corrected chi connectivity index (χ4v) is 5.38. The number of carbonyl (C=O) groups excluding carboxylic acids is 2. The number of carbonyl (C=O) groups is 2. The lowest BCUT2D eigenvalue weighted by atomic mass is 9.89. The molecule has 236 valence electrons. The van der Waals surface area contributed by atoms with Gasteiger partial charge in [-0.1, -0.05) is 85.8 Å². The minimum atomic E-state index is -0.868. The zero-order valence-electron chi connectivity index (χ0n) is 26.1. The molecule has 3 aromatic carbocycles. The van der Waals surface area contributed by atoms with Gasteiger partial charge in [0.15, 0.2) is 12.4 Å². The molecule has 0 aliphatic carbocycles. The highest BCUT2D eigenvalue weighted by atomic mass is 16.7. The van der Waals surface area contributed by atoms with Crippen molar-refractivity contribution >= 4 is 11.9 Å². The van der Waals surface area contributed by atoms with Crippen molar-refractivity contribution in [2.24, 2.45) is 5.92 Å². The van der Waals surface area contributed by atoms with E-state index in [1.54, 1.807) is 0 Å². The summed E-state index contributed by atoms with van der Waals surface area (Å²) >= 11 is 0. The third kappa shape index (κ3) is 8.52. The molecule has 0 spiro atoms. The van der Waals surface area contributed by atoms with Crippen LogP contribution in [0.15, 0.2) is 78.9 Å². The second-order valence-corrected chi connectivity index (χ2v) is 11.6. The fraction of sp³-hybridized carbons (Fsp3) is 0.429. The van der Waals surface area contributed by atoms with Gasteiger partial charge in [0.25, 0.3) is 5.91 Å². The summed E-state index contributed by atoms with van der Waals surface area (Å²) in [7, 11) is 1.99. The Morgan fingerprint density at radius 3 is 2.16 bits per heavy atom. The highest BCUT2D eigenvalue weighted by Gasteiger charge is 2.39. The first-order valence-corrected chi connectivity index (χ1v) is 15.0. The van der Waals surface area contributed by atoms with Gasteiger partial charge in [-0.25, -0.2) is 0 Å². The summed E-state index contributed by atoms with van der Waals surface area (Å²) in [6, 6.07) is 24.9. The molecule has 1 saturated heterocycles. The quantitative estimate of drug-likeness (QED) is 0.257. The van der Waals surface area contributed by atoms with Crippen LogP contribution in [-0.4, -0.2) is 58.8 Å². The molecule has 0 radical (unpaired) electrons. The first kappa shape index (κ1) is 33.3.